The minimum atomic E-state index is -4.08. The highest BCUT2D eigenvalue weighted by molar-refractivity contribution is 9.10. The van der Waals surface area contributed by atoms with Crippen molar-refractivity contribution in [2.24, 2.45) is 4.40 Å². The number of nitrogens with zero attached hydrogens (tertiary/aromatic N) is 2. The predicted octanol–water partition coefficient (Wildman–Crippen LogP) is 4.98. The number of thioether (sulfide) groups is 1. The molecule has 1 N–H and O–H groups in total. The summed E-state index contributed by atoms with van der Waals surface area (Å²) in [4.78, 5) is 27.2. The topological polar surface area (TPSA) is 95.9 Å². The molecule has 1 fully saturated rings. The Labute approximate surface area is 210 Å². The molecule has 7 nitrogen and oxygen atoms in total. The summed E-state index contributed by atoms with van der Waals surface area (Å²) in [7, 11) is -4.08. The molecule has 1 saturated heterocycles. The molecule has 0 saturated carbocycles. The third-order valence-corrected chi connectivity index (χ3v) is 8.11. The van der Waals surface area contributed by atoms with Crippen LogP contribution in [-0.2, 0) is 19.6 Å². The summed E-state index contributed by atoms with van der Waals surface area (Å²) in [6.45, 7) is 1.87. The van der Waals surface area contributed by atoms with Crippen molar-refractivity contribution in [3.05, 3.63) is 88.9 Å². The molecule has 0 bridgehead atoms. The van der Waals surface area contributed by atoms with Gasteiger partial charge in [-0.3, -0.25) is 14.5 Å². The highest BCUT2D eigenvalue weighted by atomic mass is 79.9. The van der Waals surface area contributed by atoms with E-state index in [9.17, 15) is 18.0 Å². The quantitative estimate of drug-likeness (QED) is 0.461. The smallest absolute Gasteiger partial charge is 0.284 e. The molecule has 0 aliphatic carbocycles. The van der Waals surface area contributed by atoms with Crippen LogP contribution < -0.4 is 10.2 Å². The number of aryl methyl sites for hydroxylation is 1. The van der Waals surface area contributed by atoms with Crippen molar-refractivity contribution >= 4 is 66.1 Å². The second-order valence-corrected chi connectivity index (χ2v) is 11.2. The molecule has 1 atom stereocenters. The number of carbonyl (C=O) groups is 2. The average molecular weight is 558 g/mol. The zero-order valence-electron chi connectivity index (χ0n) is 18.0. The summed E-state index contributed by atoms with van der Waals surface area (Å²) in [5, 5.41) is 2.01. The van der Waals surface area contributed by atoms with Crippen LogP contribution >= 0.6 is 27.7 Å². The van der Waals surface area contributed by atoms with Gasteiger partial charge in [0.25, 0.3) is 10.0 Å². The number of hydrogen-bond donors (Lipinski definition) is 1. The Bertz CT molecular complexity index is 1360. The van der Waals surface area contributed by atoms with E-state index in [4.69, 9.17) is 0 Å². The van der Waals surface area contributed by atoms with E-state index < -0.39 is 21.2 Å². The molecule has 10 heteroatoms. The number of anilines is 2. The van der Waals surface area contributed by atoms with Gasteiger partial charge in [0.2, 0.25) is 11.8 Å². The molecule has 2 amide bonds. The van der Waals surface area contributed by atoms with Crippen LogP contribution in [-0.4, -0.2) is 30.6 Å². The summed E-state index contributed by atoms with van der Waals surface area (Å²) in [6, 6.07) is 22.1. The first kappa shape index (κ1) is 24.2. The Kier molecular flexibility index (Phi) is 7.20. The van der Waals surface area contributed by atoms with E-state index in [0.29, 0.717) is 11.4 Å². The summed E-state index contributed by atoms with van der Waals surface area (Å²) in [5.74, 6) is -0.744. The molecule has 3 aromatic rings. The Morgan fingerprint density at radius 1 is 1.03 bits per heavy atom. The van der Waals surface area contributed by atoms with Gasteiger partial charge in [0, 0.05) is 16.6 Å². The van der Waals surface area contributed by atoms with E-state index in [1.807, 2.05) is 25.1 Å². The Hall–Kier alpha value is -2.95. The molecule has 3 aromatic carbocycles. The fourth-order valence-corrected chi connectivity index (χ4v) is 5.92. The van der Waals surface area contributed by atoms with Crippen molar-refractivity contribution in [2.75, 3.05) is 10.2 Å². The molecule has 4 rings (SSSR count). The van der Waals surface area contributed by atoms with E-state index >= 15 is 0 Å². The van der Waals surface area contributed by atoms with Gasteiger partial charge in [-0.2, -0.15) is 8.42 Å². The zero-order chi connectivity index (χ0) is 24.3. The normalized spacial score (nSPS) is 17.2. The summed E-state index contributed by atoms with van der Waals surface area (Å²) in [6.07, 6.45) is -0.126. The van der Waals surface area contributed by atoms with Crippen LogP contribution in [0.3, 0.4) is 0 Å². The van der Waals surface area contributed by atoms with E-state index in [-0.39, 0.29) is 22.4 Å². The number of sulfonamides is 1. The second kappa shape index (κ2) is 10.1. The number of benzene rings is 3. The van der Waals surface area contributed by atoms with Gasteiger partial charge < -0.3 is 5.32 Å². The Morgan fingerprint density at radius 2 is 1.68 bits per heavy atom. The molecule has 34 heavy (non-hydrogen) atoms. The van der Waals surface area contributed by atoms with Gasteiger partial charge >= 0.3 is 0 Å². The SMILES string of the molecule is Cc1ccccc1NC(=O)C[C@@H]1SC(=NS(=O)(=O)c2ccc(Br)cc2)N(c2ccccc2)C1=O. The van der Waals surface area contributed by atoms with Crippen LogP contribution in [0, 0.1) is 6.92 Å². The van der Waals surface area contributed by atoms with Crippen LogP contribution in [0.1, 0.15) is 12.0 Å². The molecular weight excluding hydrogens is 538 g/mol. The van der Waals surface area contributed by atoms with Crippen molar-refractivity contribution in [3.8, 4) is 0 Å². The number of nitrogens with one attached hydrogen (secondary N) is 1. The first-order chi connectivity index (χ1) is 16.2. The number of rotatable bonds is 6. The third-order valence-electron chi connectivity index (χ3n) is 5.05. The number of amides is 2. The molecular formula is C24H20BrN3O4S2. The van der Waals surface area contributed by atoms with E-state index in [0.717, 1.165) is 21.8 Å². The average Bonchev–Trinajstić information content (AvgIpc) is 3.10. The standard InChI is InChI=1S/C24H20BrN3O4S2/c1-16-7-5-6-10-20(16)26-22(29)15-21-23(30)28(18-8-3-2-4-9-18)24(33-21)27-34(31,32)19-13-11-17(25)12-14-19/h2-14,21H,15H2,1H3,(H,26,29)/t21-/m0/s1. The number of carbonyl (C=O) groups excluding carboxylic acids is 2. The molecule has 1 aliphatic heterocycles. The van der Waals surface area contributed by atoms with Crippen molar-refractivity contribution in [2.45, 2.75) is 23.5 Å². The Balaban J connectivity index is 1.63. The maximum absolute atomic E-state index is 13.3. The monoisotopic (exact) mass is 557 g/mol. The van der Waals surface area contributed by atoms with Crippen molar-refractivity contribution in [1.29, 1.82) is 0 Å². The minimum Gasteiger partial charge on any atom is -0.326 e. The van der Waals surface area contributed by atoms with Crippen LogP contribution in [0.2, 0.25) is 0 Å². The largest absolute Gasteiger partial charge is 0.326 e. The molecule has 1 heterocycles. The zero-order valence-corrected chi connectivity index (χ0v) is 21.2. The third kappa shape index (κ3) is 5.40. The lowest BCUT2D eigenvalue weighted by atomic mass is 10.2. The van der Waals surface area contributed by atoms with Gasteiger partial charge in [0.05, 0.1) is 10.6 Å². The van der Waals surface area contributed by atoms with Crippen LogP contribution in [0.4, 0.5) is 11.4 Å². The number of amidine groups is 1. The van der Waals surface area contributed by atoms with Crippen LogP contribution in [0.25, 0.3) is 0 Å². The molecule has 0 unspecified atom stereocenters. The first-order valence-corrected chi connectivity index (χ1v) is 13.4. The lowest BCUT2D eigenvalue weighted by Crippen LogP contribution is -2.33. The number of para-hydroxylation sites is 2. The maximum Gasteiger partial charge on any atom is 0.284 e. The molecule has 174 valence electrons. The van der Waals surface area contributed by atoms with Crippen molar-refractivity contribution in [1.82, 2.24) is 0 Å². The van der Waals surface area contributed by atoms with Gasteiger partial charge in [-0.25, -0.2) is 0 Å². The van der Waals surface area contributed by atoms with Gasteiger partial charge in [-0.1, -0.05) is 64.1 Å². The van der Waals surface area contributed by atoms with Gasteiger partial charge in [0.1, 0.15) is 5.25 Å². The highest BCUT2D eigenvalue weighted by Crippen LogP contribution is 2.35. The van der Waals surface area contributed by atoms with E-state index in [1.54, 1.807) is 48.5 Å². The minimum absolute atomic E-state index is 0.00464. The van der Waals surface area contributed by atoms with Gasteiger partial charge in [0.15, 0.2) is 5.17 Å². The molecule has 1 aliphatic rings. The van der Waals surface area contributed by atoms with Crippen LogP contribution in [0.5, 0.6) is 0 Å². The number of halogens is 1. The molecule has 0 radical (unpaired) electrons. The highest BCUT2D eigenvalue weighted by Gasteiger charge is 2.41. The first-order valence-electron chi connectivity index (χ1n) is 10.3. The summed E-state index contributed by atoms with van der Waals surface area (Å²) < 4.78 is 30.6. The van der Waals surface area contributed by atoms with Crippen molar-refractivity contribution < 1.29 is 18.0 Å². The van der Waals surface area contributed by atoms with Gasteiger partial charge in [-0.05, 0) is 55.0 Å². The van der Waals surface area contributed by atoms with Gasteiger partial charge in [-0.15, -0.1) is 4.40 Å². The lowest BCUT2D eigenvalue weighted by Gasteiger charge is -2.16. The van der Waals surface area contributed by atoms with Crippen molar-refractivity contribution in [3.63, 3.8) is 0 Å². The van der Waals surface area contributed by atoms with Crippen LogP contribution in [0.15, 0.2) is 92.6 Å². The predicted molar refractivity (Wildman–Crippen MR) is 138 cm³/mol. The fraction of sp³-hybridized carbons (Fsp3) is 0.125. The second-order valence-electron chi connectivity index (χ2n) is 7.49. The number of hydrogen-bond acceptors (Lipinski definition) is 5. The summed E-state index contributed by atoms with van der Waals surface area (Å²) in [5.41, 5.74) is 2.04. The van der Waals surface area contributed by atoms with E-state index in [2.05, 4.69) is 25.6 Å². The lowest BCUT2D eigenvalue weighted by molar-refractivity contribution is -0.121. The fourth-order valence-electron chi connectivity index (χ4n) is 3.32. The molecule has 0 spiro atoms. The Morgan fingerprint density at radius 3 is 2.35 bits per heavy atom. The van der Waals surface area contributed by atoms with E-state index in [1.165, 1.54) is 17.0 Å². The summed E-state index contributed by atoms with van der Waals surface area (Å²) >= 11 is 4.25. The maximum atomic E-state index is 13.3. The molecule has 0 aromatic heterocycles.